The number of aliphatic hydroxyl groups is 1. The number of amides is 1. The second kappa shape index (κ2) is 8.43. The number of ether oxygens (including phenoxy) is 1. The fourth-order valence-electron chi connectivity index (χ4n) is 1.88. The summed E-state index contributed by atoms with van der Waals surface area (Å²) < 4.78 is 5.43. The van der Waals surface area contributed by atoms with Crippen molar-refractivity contribution >= 4 is 11.6 Å². The zero-order chi connectivity index (χ0) is 15.0. The van der Waals surface area contributed by atoms with Gasteiger partial charge in [-0.05, 0) is 37.8 Å². The number of benzene rings is 1. The number of carbonyl (C=O) groups is 1. The lowest BCUT2D eigenvalue weighted by Crippen LogP contribution is -2.25. The quantitative estimate of drug-likeness (QED) is 0.501. The molecule has 5 heteroatoms. The SMILES string of the molecule is CCOc1c(N)cccc1C(=O)NCCCC(C)CO. The smallest absolute Gasteiger partial charge is 0.255 e. The molecule has 1 rings (SSSR count). The van der Waals surface area contributed by atoms with Gasteiger partial charge in [0.05, 0.1) is 17.9 Å². The van der Waals surface area contributed by atoms with Gasteiger partial charge in [-0.1, -0.05) is 13.0 Å². The molecule has 1 atom stereocenters. The lowest BCUT2D eigenvalue weighted by Gasteiger charge is -2.13. The molecule has 0 saturated carbocycles. The van der Waals surface area contributed by atoms with E-state index in [9.17, 15) is 4.79 Å². The molecule has 20 heavy (non-hydrogen) atoms. The van der Waals surface area contributed by atoms with Crippen LogP contribution in [0.5, 0.6) is 5.75 Å². The minimum Gasteiger partial charge on any atom is -0.491 e. The van der Waals surface area contributed by atoms with Gasteiger partial charge >= 0.3 is 0 Å². The lowest BCUT2D eigenvalue weighted by atomic mass is 10.1. The fraction of sp³-hybridized carbons (Fsp3) is 0.533. The average molecular weight is 280 g/mol. The van der Waals surface area contributed by atoms with Crippen LogP contribution in [-0.4, -0.2) is 30.8 Å². The van der Waals surface area contributed by atoms with Crippen molar-refractivity contribution in [2.75, 3.05) is 25.5 Å². The molecule has 0 fully saturated rings. The second-order valence-electron chi connectivity index (χ2n) is 4.84. The van der Waals surface area contributed by atoms with Gasteiger partial charge < -0.3 is 20.9 Å². The van der Waals surface area contributed by atoms with Gasteiger partial charge in [0.15, 0.2) is 5.75 Å². The summed E-state index contributed by atoms with van der Waals surface area (Å²) in [5.74, 6) is 0.520. The number of rotatable bonds is 8. The van der Waals surface area contributed by atoms with E-state index in [0.717, 1.165) is 12.8 Å². The number of hydrogen-bond acceptors (Lipinski definition) is 4. The molecule has 1 aromatic rings. The van der Waals surface area contributed by atoms with Gasteiger partial charge in [0.2, 0.25) is 0 Å². The van der Waals surface area contributed by atoms with Gasteiger partial charge in [-0.25, -0.2) is 0 Å². The molecule has 4 N–H and O–H groups in total. The third kappa shape index (κ3) is 4.74. The number of nitrogens with one attached hydrogen (secondary N) is 1. The average Bonchev–Trinajstić information content (AvgIpc) is 2.45. The minimum atomic E-state index is -0.183. The van der Waals surface area contributed by atoms with E-state index in [2.05, 4.69) is 5.32 Å². The van der Waals surface area contributed by atoms with Crippen LogP contribution >= 0.6 is 0 Å². The maximum absolute atomic E-state index is 12.1. The Labute approximate surface area is 120 Å². The molecule has 0 aliphatic heterocycles. The zero-order valence-corrected chi connectivity index (χ0v) is 12.2. The summed E-state index contributed by atoms with van der Waals surface area (Å²) in [6.45, 7) is 5.04. The molecule has 0 spiro atoms. The van der Waals surface area contributed by atoms with Gasteiger partial charge in [-0.15, -0.1) is 0 Å². The zero-order valence-electron chi connectivity index (χ0n) is 12.2. The second-order valence-corrected chi connectivity index (χ2v) is 4.84. The van der Waals surface area contributed by atoms with Gasteiger partial charge in [-0.3, -0.25) is 4.79 Å². The molecule has 1 aromatic carbocycles. The molecule has 112 valence electrons. The number of hydrogen-bond donors (Lipinski definition) is 3. The van der Waals surface area contributed by atoms with E-state index in [1.807, 2.05) is 13.8 Å². The van der Waals surface area contributed by atoms with Crippen LogP contribution in [0.15, 0.2) is 18.2 Å². The third-order valence-electron chi connectivity index (χ3n) is 3.05. The molecule has 0 radical (unpaired) electrons. The molecular formula is C15H24N2O3. The van der Waals surface area contributed by atoms with Gasteiger partial charge in [0, 0.05) is 13.2 Å². The van der Waals surface area contributed by atoms with Crippen molar-refractivity contribution in [1.29, 1.82) is 0 Å². The first-order chi connectivity index (χ1) is 9.60. The first-order valence-electron chi connectivity index (χ1n) is 7.00. The number of carbonyl (C=O) groups excluding carboxylic acids is 1. The standard InChI is InChI=1S/C15H24N2O3/c1-3-20-14-12(7-4-8-13(14)16)15(19)17-9-5-6-11(2)10-18/h4,7-8,11,18H,3,5-6,9-10,16H2,1-2H3,(H,17,19). The highest BCUT2D eigenvalue weighted by atomic mass is 16.5. The van der Waals surface area contributed by atoms with Crippen LogP contribution in [0.25, 0.3) is 0 Å². The fourth-order valence-corrected chi connectivity index (χ4v) is 1.88. The summed E-state index contributed by atoms with van der Waals surface area (Å²) in [5.41, 5.74) is 6.75. The Hall–Kier alpha value is -1.75. The van der Waals surface area contributed by atoms with Crippen LogP contribution in [0.2, 0.25) is 0 Å². The molecular weight excluding hydrogens is 256 g/mol. The monoisotopic (exact) mass is 280 g/mol. The van der Waals surface area contributed by atoms with Crippen LogP contribution in [-0.2, 0) is 0 Å². The molecule has 0 bridgehead atoms. The molecule has 0 aliphatic carbocycles. The third-order valence-corrected chi connectivity index (χ3v) is 3.05. The number of nitrogens with two attached hydrogens (primary N) is 1. The van der Waals surface area contributed by atoms with E-state index in [1.54, 1.807) is 18.2 Å². The van der Waals surface area contributed by atoms with E-state index in [1.165, 1.54) is 0 Å². The maximum Gasteiger partial charge on any atom is 0.255 e. The highest BCUT2D eigenvalue weighted by Crippen LogP contribution is 2.26. The minimum absolute atomic E-state index is 0.178. The van der Waals surface area contributed by atoms with E-state index in [0.29, 0.717) is 30.2 Å². The normalized spacial score (nSPS) is 11.9. The molecule has 0 saturated heterocycles. The topological polar surface area (TPSA) is 84.6 Å². The summed E-state index contributed by atoms with van der Waals surface area (Å²) in [6, 6.07) is 5.15. The lowest BCUT2D eigenvalue weighted by molar-refractivity contribution is 0.0948. The van der Waals surface area contributed by atoms with Crippen molar-refractivity contribution in [2.45, 2.75) is 26.7 Å². The molecule has 1 unspecified atom stereocenters. The Morgan fingerprint density at radius 1 is 1.50 bits per heavy atom. The molecule has 0 heterocycles. The number of aliphatic hydroxyl groups excluding tert-OH is 1. The summed E-state index contributed by atoms with van der Waals surface area (Å²) >= 11 is 0. The van der Waals surface area contributed by atoms with Crippen molar-refractivity contribution in [1.82, 2.24) is 5.32 Å². The van der Waals surface area contributed by atoms with E-state index >= 15 is 0 Å². The molecule has 1 amide bonds. The van der Waals surface area contributed by atoms with Crippen LogP contribution in [0, 0.1) is 5.92 Å². The van der Waals surface area contributed by atoms with Crippen LogP contribution < -0.4 is 15.8 Å². The molecule has 0 aliphatic rings. The van der Waals surface area contributed by atoms with Crippen LogP contribution in [0.1, 0.15) is 37.0 Å². The Kier molecular flexibility index (Phi) is 6.87. The van der Waals surface area contributed by atoms with E-state index in [-0.39, 0.29) is 18.4 Å². The van der Waals surface area contributed by atoms with Gasteiger partial charge in [-0.2, -0.15) is 0 Å². The Bertz CT molecular complexity index is 435. The van der Waals surface area contributed by atoms with Crippen LogP contribution in [0.3, 0.4) is 0 Å². The van der Waals surface area contributed by atoms with E-state index in [4.69, 9.17) is 15.6 Å². The Morgan fingerprint density at radius 3 is 2.90 bits per heavy atom. The van der Waals surface area contributed by atoms with Gasteiger partial charge in [0.25, 0.3) is 5.91 Å². The van der Waals surface area contributed by atoms with Crippen molar-refractivity contribution in [3.05, 3.63) is 23.8 Å². The highest BCUT2D eigenvalue weighted by Gasteiger charge is 2.14. The summed E-state index contributed by atoms with van der Waals surface area (Å²) in [5, 5.41) is 11.8. The number of anilines is 1. The first kappa shape index (κ1) is 16.3. The molecule has 0 aromatic heterocycles. The largest absolute Gasteiger partial charge is 0.491 e. The number of para-hydroxylation sites is 1. The highest BCUT2D eigenvalue weighted by molar-refractivity contribution is 5.98. The van der Waals surface area contributed by atoms with Gasteiger partial charge in [0.1, 0.15) is 0 Å². The Balaban J connectivity index is 2.57. The van der Waals surface area contributed by atoms with Crippen molar-refractivity contribution in [3.63, 3.8) is 0 Å². The van der Waals surface area contributed by atoms with Crippen LogP contribution in [0.4, 0.5) is 5.69 Å². The van der Waals surface area contributed by atoms with E-state index < -0.39 is 0 Å². The summed E-state index contributed by atoms with van der Waals surface area (Å²) in [4.78, 5) is 12.1. The Morgan fingerprint density at radius 2 is 2.25 bits per heavy atom. The number of nitrogen functional groups attached to an aromatic ring is 1. The van der Waals surface area contributed by atoms with Crippen molar-refractivity contribution in [3.8, 4) is 5.75 Å². The molecule has 5 nitrogen and oxygen atoms in total. The van der Waals surface area contributed by atoms with Crippen molar-refractivity contribution in [2.24, 2.45) is 5.92 Å². The predicted octanol–water partition coefficient (Wildman–Crippen LogP) is 1.81. The summed E-state index contributed by atoms with van der Waals surface area (Å²) in [7, 11) is 0. The predicted molar refractivity (Wildman–Crippen MR) is 79.8 cm³/mol. The summed E-state index contributed by atoms with van der Waals surface area (Å²) in [6.07, 6.45) is 1.71. The van der Waals surface area contributed by atoms with Crippen molar-refractivity contribution < 1.29 is 14.6 Å². The first-order valence-corrected chi connectivity index (χ1v) is 7.00. The maximum atomic E-state index is 12.1.